The highest BCUT2D eigenvalue weighted by Crippen LogP contribution is 2.11. The van der Waals surface area contributed by atoms with Gasteiger partial charge in [0, 0.05) is 6.61 Å². The molecule has 14 heavy (non-hydrogen) atoms. The summed E-state index contributed by atoms with van der Waals surface area (Å²) in [6.07, 6.45) is 5.67. The molecule has 0 fully saturated rings. The van der Waals surface area contributed by atoms with Crippen LogP contribution >= 0.6 is 0 Å². The summed E-state index contributed by atoms with van der Waals surface area (Å²) in [5.74, 6) is 0. The molecule has 0 heterocycles. The second-order valence-electron chi connectivity index (χ2n) is 3.13. The Bertz CT molecular complexity index is 292. The van der Waals surface area contributed by atoms with E-state index in [2.05, 4.69) is 0 Å². The Morgan fingerprint density at radius 2 is 1.93 bits per heavy atom. The van der Waals surface area contributed by atoms with E-state index in [1.807, 2.05) is 36.4 Å². The molecule has 0 radical (unpaired) electrons. The molecule has 0 bridgehead atoms. The number of hydrogen-bond acceptors (Lipinski definition) is 2. The van der Waals surface area contributed by atoms with E-state index >= 15 is 0 Å². The molecule has 1 aromatic rings. The maximum absolute atomic E-state index is 9.05. The van der Waals surface area contributed by atoms with Crippen molar-refractivity contribution in [2.24, 2.45) is 0 Å². The highest BCUT2D eigenvalue weighted by Gasteiger charge is 1.94. The summed E-state index contributed by atoms with van der Waals surface area (Å²) in [5.41, 5.74) is 1.99. The van der Waals surface area contributed by atoms with Crippen molar-refractivity contribution in [3.8, 4) is 0 Å². The molecule has 76 valence electrons. The molecule has 0 aliphatic carbocycles. The van der Waals surface area contributed by atoms with Crippen LogP contribution in [-0.4, -0.2) is 16.8 Å². The Balaban J connectivity index is 2.61. The van der Waals surface area contributed by atoms with Gasteiger partial charge in [0.2, 0.25) is 0 Å². The monoisotopic (exact) mass is 192 g/mol. The Hall–Kier alpha value is -1.12. The van der Waals surface area contributed by atoms with E-state index in [9.17, 15) is 0 Å². The van der Waals surface area contributed by atoms with E-state index < -0.39 is 0 Å². The zero-order valence-electron chi connectivity index (χ0n) is 8.19. The van der Waals surface area contributed by atoms with Gasteiger partial charge in [-0.1, -0.05) is 36.4 Å². The van der Waals surface area contributed by atoms with Crippen molar-refractivity contribution in [3.63, 3.8) is 0 Å². The minimum Gasteiger partial charge on any atom is -0.396 e. The Morgan fingerprint density at radius 3 is 2.64 bits per heavy atom. The van der Waals surface area contributed by atoms with Crippen molar-refractivity contribution in [2.75, 3.05) is 6.61 Å². The van der Waals surface area contributed by atoms with Gasteiger partial charge in [-0.05, 0) is 24.0 Å². The number of unbranched alkanes of at least 4 members (excludes halogenated alkanes) is 1. The van der Waals surface area contributed by atoms with Crippen LogP contribution in [-0.2, 0) is 6.61 Å². The summed E-state index contributed by atoms with van der Waals surface area (Å²) in [5, 5.41) is 17.6. The second-order valence-corrected chi connectivity index (χ2v) is 3.13. The van der Waals surface area contributed by atoms with Crippen LogP contribution in [0.3, 0.4) is 0 Å². The largest absolute Gasteiger partial charge is 0.396 e. The molecule has 2 N–H and O–H groups in total. The zero-order chi connectivity index (χ0) is 10.2. The SMILES string of the molecule is OCCC/C=C/c1ccccc1CO. The minimum atomic E-state index is 0.0700. The van der Waals surface area contributed by atoms with Gasteiger partial charge in [-0.25, -0.2) is 0 Å². The van der Waals surface area contributed by atoms with E-state index in [-0.39, 0.29) is 13.2 Å². The first-order chi connectivity index (χ1) is 6.88. The van der Waals surface area contributed by atoms with Gasteiger partial charge in [0.1, 0.15) is 0 Å². The van der Waals surface area contributed by atoms with Crippen LogP contribution in [0.1, 0.15) is 24.0 Å². The Kier molecular flexibility index (Phi) is 4.97. The van der Waals surface area contributed by atoms with Crippen molar-refractivity contribution < 1.29 is 10.2 Å². The third-order valence-corrected chi connectivity index (χ3v) is 2.05. The van der Waals surface area contributed by atoms with Crippen molar-refractivity contribution >= 4 is 6.08 Å². The molecule has 2 nitrogen and oxygen atoms in total. The summed E-state index contributed by atoms with van der Waals surface area (Å²) >= 11 is 0. The summed E-state index contributed by atoms with van der Waals surface area (Å²) in [6, 6.07) is 7.74. The number of aliphatic hydroxyl groups is 2. The predicted molar refractivity (Wildman–Crippen MR) is 57.7 cm³/mol. The van der Waals surface area contributed by atoms with Crippen LogP contribution in [0.25, 0.3) is 6.08 Å². The molecule has 0 aromatic heterocycles. The third kappa shape index (κ3) is 3.32. The van der Waals surface area contributed by atoms with Gasteiger partial charge in [-0.2, -0.15) is 0 Å². The fraction of sp³-hybridized carbons (Fsp3) is 0.333. The fourth-order valence-electron chi connectivity index (χ4n) is 1.26. The lowest BCUT2D eigenvalue weighted by Gasteiger charge is -2.00. The first kappa shape index (κ1) is 11.0. The van der Waals surface area contributed by atoms with Crippen molar-refractivity contribution in [1.29, 1.82) is 0 Å². The number of hydrogen-bond donors (Lipinski definition) is 2. The zero-order valence-corrected chi connectivity index (χ0v) is 8.19. The Labute approximate surface area is 84.5 Å². The molecule has 0 atom stereocenters. The van der Waals surface area contributed by atoms with Crippen molar-refractivity contribution in [1.82, 2.24) is 0 Å². The first-order valence-electron chi connectivity index (χ1n) is 4.84. The van der Waals surface area contributed by atoms with E-state index in [1.165, 1.54) is 0 Å². The molecule has 0 saturated heterocycles. The summed E-state index contributed by atoms with van der Waals surface area (Å²) < 4.78 is 0. The molecule has 0 aliphatic heterocycles. The van der Waals surface area contributed by atoms with Crippen LogP contribution in [0, 0.1) is 0 Å². The van der Waals surface area contributed by atoms with Crippen molar-refractivity contribution in [2.45, 2.75) is 19.4 Å². The van der Waals surface area contributed by atoms with Gasteiger partial charge in [0.25, 0.3) is 0 Å². The molecule has 0 unspecified atom stereocenters. The lowest BCUT2D eigenvalue weighted by Crippen LogP contribution is -1.87. The van der Waals surface area contributed by atoms with Gasteiger partial charge < -0.3 is 10.2 Å². The standard InChI is InChI=1S/C12H16O2/c13-9-5-1-2-6-11-7-3-4-8-12(11)10-14/h2-4,6-8,13-14H,1,5,9-10H2/b6-2+. The number of aliphatic hydroxyl groups excluding tert-OH is 2. The number of benzene rings is 1. The molecule has 0 saturated carbocycles. The normalized spacial score (nSPS) is 11.0. The summed E-state index contributed by atoms with van der Waals surface area (Å²) in [6.45, 7) is 0.298. The maximum Gasteiger partial charge on any atom is 0.0687 e. The Morgan fingerprint density at radius 1 is 1.14 bits per heavy atom. The maximum atomic E-state index is 9.05. The average Bonchev–Trinajstić information content (AvgIpc) is 2.25. The van der Waals surface area contributed by atoms with Crippen LogP contribution in [0.4, 0.5) is 0 Å². The van der Waals surface area contributed by atoms with E-state index in [4.69, 9.17) is 10.2 Å². The molecule has 1 rings (SSSR count). The molecule has 0 aliphatic rings. The van der Waals surface area contributed by atoms with Gasteiger partial charge in [0.15, 0.2) is 0 Å². The van der Waals surface area contributed by atoms with Gasteiger partial charge in [0.05, 0.1) is 6.61 Å². The highest BCUT2D eigenvalue weighted by atomic mass is 16.3. The number of allylic oxidation sites excluding steroid dienone is 1. The molecular weight excluding hydrogens is 176 g/mol. The third-order valence-electron chi connectivity index (χ3n) is 2.05. The van der Waals surface area contributed by atoms with Crippen LogP contribution < -0.4 is 0 Å². The van der Waals surface area contributed by atoms with Crippen molar-refractivity contribution in [3.05, 3.63) is 41.5 Å². The lowest BCUT2D eigenvalue weighted by atomic mass is 10.1. The van der Waals surface area contributed by atoms with E-state index in [0.717, 1.165) is 24.0 Å². The number of rotatable bonds is 5. The molecule has 0 amide bonds. The first-order valence-corrected chi connectivity index (χ1v) is 4.84. The van der Waals surface area contributed by atoms with E-state index in [0.29, 0.717) is 0 Å². The predicted octanol–water partition coefficient (Wildman–Crippen LogP) is 1.96. The average molecular weight is 192 g/mol. The molecular formula is C12H16O2. The lowest BCUT2D eigenvalue weighted by molar-refractivity contribution is 0.281. The van der Waals surface area contributed by atoms with E-state index in [1.54, 1.807) is 0 Å². The van der Waals surface area contributed by atoms with Crippen LogP contribution in [0.15, 0.2) is 30.3 Å². The van der Waals surface area contributed by atoms with Gasteiger partial charge in [-0.15, -0.1) is 0 Å². The molecule has 2 heteroatoms. The van der Waals surface area contributed by atoms with Crippen LogP contribution in [0.2, 0.25) is 0 Å². The van der Waals surface area contributed by atoms with Gasteiger partial charge >= 0.3 is 0 Å². The van der Waals surface area contributed by atoms with Crippen LogP contribution in [0.5, 0.6) is 0 Å². The summed E-state index contributed by atoms with van der Waals surface area (Å²) in [4.78, 5) is 0. The quantitative estimate of drug-likeness (QED) is 0.700. The topological polar surface area (TPSA) is 40.5 Å². The second kappa shape index (κ2) is 6.35. The fourth-order valence-corrected chi connectivity index (χ4v) is 1.26. The molecule has 0 spiro atoms. The summed E-state index contributed by atoms with van der Waals surface area (Å²) in [7, 11) is 0. The highest BCUT2D eigenvalue weighted by molar-refractivity contribution is 5.53. The molecule has 1 aromatic carbocycles. The minimum absolute atomic E-state index is 0.0700. The smallest absolute Gasteiger partial charge is 0.0687 e. The van der Waals surface area contributed by atoms with Gasteiger partial charge in [-0.3, -0.25) is 0 Å².